The van der Waals surface area contributed by atoms with E-state index in [1.54, 1.807) is 0 Å². The van der Waals surface area contributed by atoms with Gasteiger partial charge in [-0.2, -0.15) is 0 Å². The molecule has 1 fully saturated rings. The van der Waals surface area contributed by atoms with E-state index >= 15 is 0 Å². The molecule has 14 heavy (non-hydrogen) atoms. The maximum absolute atomic E-state index is 10.3. The van der Waals surface area contributed by atoms with Crippen LogP contribution in [0.3, 0.4) is 0 Å². The number of carboxylic acids is 1. The minimum atomic E-state index is -0.717. The number of rotatable bonds is 6. The molecule has 0 aromatic heterocycles. The molecule has 1 aliphatic rings. The highest BCUT2D eigenvalue weighted by molar-refractivity contribution is 5.66. The number of unbranched alkanes of at least 4 members (excludes halogenated alkanes) is 1. The van der Waals surface area contributed by atoms with E-state index in [1.807, 2.05) is 0 Å². The van der Waals surface area contributed by atoms with Gasteiger partial charge in [0.15, 0.2) is 0 Å². The maximum Gasteiger partial charge on any atom is 0.303 e. The van der Waals surface area contributed by atoms with Crippen LogP contribution in [0.4, 0.5) is 0 Å². The van der Waals surface area contributed by atoms with Crippen molar-refractivity contribution in [3.8, 4) is 0 Å². The summed E-state index contributed by atoms with van der Waals surface area (Å²) >= 11 is 0. The van der Waals surface area contributed by atoms with E-state index in [0.717, 1.165) is 38.8 Å². The Balaban J connectivity index is 2.08. The fraction of sp³-hybridized carbons (Fsp3) is 0.900. The fourth-order valence-corrected chi connectivity index (χ4v) is 1.99. The van der Waals surface area contributed by atoms with E-state index in [1.165, 1.54) is 0 Å². The largest absolute Gasteiger partial charge is 0.481 e. The van der Waals surface area contributed by atoms with E-state index in [0.29, 0.717) is 6.04 Å². The third-order valence-electron chi connectivity index (χ3n) is 2.80. The van der Waals surface area contributed by atoms with Crippen molar-refractivity contribution < 1.29 is 15.0 Å². The van der Waals surface area contributed by atoms with E-state index in [9.17, 15) is 4.79 Å². The molecule has 0 saturated carbocycles. The molecule has 0 unspecified atom stereocenters. The molecule has 82 valence electrons. The standard InChI is InChI=1S/C10H19NO3/c12-8-9-4-3-7-11(9)6-2-1-5-10(13)14/h9,12H,1-8H2,(H,13,14)/t9-/m0/s1. The lowest BCUT2D eigenvalue weighted by molar-refractivity contribution is -0.137. The third-order valence-corrected chi connectivity index (χ3v) is 2.80. The van der Waals surface area contributed by atoms with Crippen molar-refractivity contribution in [2.75, 3.05) is 19.7 Å². The van der Waals surface area contributed by atoms with Crippen molar-refractivity contribution >= 4 is 5.97 Å². The van der Waals surface area contributed by atoms with Crippen LogP contribution in [-0.2, 0) is 4.79 Å². The van der Waals surface area contributed by atoms with Crippen molar-refractivity contribution in [2.24, 2.45) is 0 Å². The van der Waals surface area contributed by atoms with Gasteiger partial charge in [-0.3, -0.25) is 9.69 Å². The van der Waals surface area contributed by atoms with Gasteiger partial charge in [0.1, 0.15) is 0 Å². The topological polar surface area (TPSA) is 60.8 Å². The summed E-state index contributed by atoms with van der Waals surface area (Å²) in [6.45, 7) is 2.22. The molecule has 4 nitrogen and oxygen atoms in total. The Labute approximate surface area is 84.5 Å². The first-order valence-corrected chi connectivity index (χ1v) is 5.30. The van der Waals surface area contributed by atoms with Gasteiger partial charge in [-0.25, -0.2) is 0 Å². The lowest BCUT2D eigenvalue weighted by atomic mass is 10.2. The predicted octanol–water partition coefficient (Wildman–Crippen LogP) is 0.698. The molecule has 1 atom stereocenters. The second-order valence-electron chi connectivity index (χ2n) is 3.87. The van der Waals surface area contributed by atoms with E-state index in [2.05, 4.69) is 4.90 Å². The average molecular weight is 201 g/mol. The molecular weight excluding hydrogens is 182 g/mol. The summed E-state index contributed by atoms with van der Waals surface area (Å²) < 4.78 is 0. The average Bonchev–Trinajstić information content (AvgIpc) is 2.59. The Morgan fingerprint density at radius 1 is 1.43 bits per heavy atom. The highest BCUT2D eigenvalue weighted by Crippen LogP contribution is 2.17. The van der Waals surface area contributed by atoms with Gasteiger partial charge in [0.25, 0.3) is 0 Å². The molecule has 0 amide bonds. The van der Waals surface area contributed by atoms with Crippen LogP contribution in [0, 0.1) is 0 Å². The normalized spacial score (nSPS) is 22.8. The van der Waals surface area contributed by atoms with Crippen LogP contribution < -0.4 is 0 Å². The highest BCUT2D eigenvalue weighted by Gasteiger charge is 2.22. The molecule has 0 radical (unpaired) electrons. The lowest BCUT2D eigenvalue weighted by Crippen LogP contribution is -2.32. The van der Waals surface area contributed by atoms with Crippen molar-refractivity contribution in [2.45, 2.75) is 38.1 Å². The maximum atomic E-state index is 10.3. The van der Waals surface area contributed by atoms with Gasteiger partial charge in [-0.1, -0.05) is 0 Å². The van der Waals surface area contributed by atoms with E-state index in [-0.39, 0.29) is 13.0 Å². The Hall–Kier alpha value is -0.610. The third kappa shape index (κ3) is 3.64. The quantitative estimate of drug-likeness (QED) is 0.621. The van der Waals surface area contributed by atoms with Crippen LogP contribution in [0.1, 0.15) is 32.1 Å². The van der Waals surface area contributed by atoms with E-state index < -0.39 is 5.97 Å². The Morgan fingerprint density at radius 2 is 2.21 bits per heavy atom. The van der Waals surface area contributed by atoms with Crippen molar-refractivity contribution in [3.05, 3.63) is 0 Å². The zero-order chi connectivity index (χ0) is 10.4. The first-order valence-electron chi connectivity index (χ1n) is 5.30. The van der Waals surface area contributed by atoms with Crippen LogP contribution in [0.2, 0.25) is 0 Å². The van der Waals surface area contributed by atoms with Gasteiger partial charge in [-0.05, 0) is 38.8 Å². The summed E-state index contributed by atoms with van der Waals surface area (Å²) in [5.41, 5.74) is 0. The molecule has 1 saturated heterocycles. The number of aliphatic hydroxyl groups excluding tert-OH is 1. The molecule has 4 heteroatoms. The van der Waals surface area contributed by atoms with Crippen LogP contribution in [0.25, 0.3) is 0 Å². The van der Waals surface area contributed by atoms with Crippen LogP contribution in [-0.4, -0.2) is 46.8 Å². The number of carboxylic acid groups (broad SMARTS) is 1. The molecule has 0 spiro atoms. The first-order chi connectivity index (χ1) is 6.74. The van der Waals surface area contributed by atoms with Gasteiger partial charge < -0.3 is 10.2 Å². The minimum Gasteiger partial charge on any atom is -0.481 e. The lowest BCUT2D eigenvalue weighted by Gasteiger charge is -2.22. The monoisotopic (exact) mass is 201 g/mol. The van der Waals surface area contributed by atoms with Gasteiger partial charge in [0.2, 0.25) is 0 Å². The number of hydrogen-bond donors (Lipinski definition) is 2. The molecule has 2 N–H and O–H groups in total. The van der Waals surface area contributed by atoms with E-state index in [4.69, 9.17) is 10.2 Å². The Kier molecular flexibility index (Phi) is 4.90. The SMILES string of the molecule is O=C(O)CCCCN1CCC[C@H]1CO. The summed E-state index contributed by atoms with van der Waals surface area (Å²) in [7, 11) is 0. The molecule has 0 aromatic rings. The van der Waals surface area contributed by atoms with Crippen molar-refractivity contribution in [1.29, 1.82) is 0 Å². The molecule has 1 rings (SSSR count). The Morgan fingerprint density at radius 3 is 2.86 bits per heavy atom. The summed E-state index contributed by atoms with van der Waals surface area (Å²) in [6, 6.07) is 0.319. The van der Waals surface area contributed by atoms with Crippen LogP contribution >= 0.6 is 0 Å². The number of carbonyl (C=O) groups is 1. The highest BCUT2D eigenvalue weighted by atomic mass is 16.4. The molecule has 0 aromatic carbocycles. The minimum absolute atomic E-state index is 0.235. The number of hydrogen-bond acceptors (Lipinski definition) is 3. The molecule has 0 bridgehead atoms. The molecule has 1 heterocycles. The van der Waals surface area contributed by atoms with Crippen LogP contribution in [0.5, 0.6) is 0 Å². The predicted molar refractivity (Wildman–Crippen MR) is 53.2 cm³/mol. The van der Waals surface area contributed by atoms with Gasteiger partial charge >= 0.3 is 5.97 Å². The second-order valence-corrected chi connectivity index (χ2v) is 3.87. The zero-order valence-corrected chi connectivity index (χ0v) is 8.48. The van der Waals surface area contributed by atoms with Crippen molar-refractivity contribution in [1.82, 2.24) is 4.90 Å². The van der Waals surface area contributed by atoms with Gasteiger partial charge in [0.05, 0.1) is 6.61 Å². The summed E-state index contributed by atoms with van der Waals surface area (Å²) in [4.78, 5) is 12.5. The van der Waals surface area contributed by atoms with Crippen LogP contribution in [0.15, 0.2) is 0 Å². The molecule has 1 aliphatic heterocycles. The summed E-state index contributed by atoms with van der Waals surface area (Å²) in [5, 5.41) is 17.5. The molecular formula is C10H19NO3. The number of likely N-dealkylation sites (tertiary alicyclic amines) is 1. The van der Waals surface area contributed by atoms with Gasteiger partial charge in [0, 0.05) is 12.5 Å². The van der Waals surface area contributed by atoms with Gasteiger partial charge in [-0.15, -0.1) is 0 Å². The number of nitrogens with zero attached hydrogens (tertiary/aromatic N) is 1. The van der Waals surface area contributed by atoms with Crippen molar-refractivity contribution in [3.63, 3.8) is 0 Å². The summed E-state index contributed by atoms with van der Waals surface area (Å²) in [6.07, 6.45) is 4.16. The smallest absolute Gasteiger partial charge is 0.303 e. The summed E-state index contributed by atoms with van der Waals surface area (Å²) in [5.74, 6) is -0.717. The number of aliphatic hydroxyl groups is 1. The number of aliphatic carboxylic acids is 1. The first kappa shape index (κ1) is 11.5. The second kappa shape index (κ2) is 5.98. The molecule has 0 aliphatic carbocycles. The fourth-order valence-electron chi connectivity index (χ4n) is 1.99. The zero-order valence-electron chi connectivity index (χ0n) is 8.48. The Bertz CT molecular complexity index is 184.